The predicted molar refractivity (Wildman–Crippen MR) is 83.9 cm³/mol. The average molecular weight is 308 g/mol. The van der Waals surface area contributed by atoms with Crippen LogP contribution in [0.4, 0.5) is 9.18 Å². The van der Waals surface area contributed by atoms with Gasteiger partial charge in [-0.1, -0.05) is 25.0 Å². The Kier molecular flexibility index (Phi) is 6.19. The van der Waals surface area contributed by atoms with E-state index in [-0.39, 0.29) is 30.5 Å². The molecule has 1 unspecified atom stereocenters. The number of hydrogen-bond acceptors (Lipinski definition) is 2. The van der Waals surface area contributed by atoms with E-state index < -0.39 is 0 Å². The molecule has 22 heavy (non-hydrogen) atoms. The Bertz CT molecular complexity index is 489. The minimum atomic E-state index is -0.281. The topological polar surface area (TPSA) is 61.4 Å². The van der Waals surface area contributed by atoms with Crippen LogP contribution in [0.2, 0.25) is 0 Å². The summed E-state index contributed by atoms with van der Waals surface area (Å²) >= 11 is 0. The lowest BCUT2D eigenvalue weighted by Crippen LogP contribution is -2.44. The summed E-state index contributed by atoms with van der Waals surface area (Å²) in [4.78, 5) is 12.2. The number of benzene rings is 1. The summed E-state index contributed by atoms with van der Waals surface area (Å²) < 4.78 is 13.5. The van der Waals surface area contributed by atoms with E-state index in [1.807, 2.05) is 13.0 Å². The molecule has 0 radical (unpaired) electrons. The summed E-state index contributed by atoms with van der Waals surface area (Å²) in [5.41, 5.74) is 0.817. The highest BCUT2D eigenvalue weighted by Crippen LogP contribution is 2.35. The molecule has 5 heteroatoms. The van der Waals surface area contributed by atoms with Gasteiger partial charge in [-0.15, -0.1) is 0 Å². The lowest BCUT2D eigenvalue weighted by Gasteiger charge is -2.26. The third kappa shape index (κ3) is 4.70. The summed E-state index contributed by atoms with van der Waals surface area (Å²) in [5.74, 6) is 0.0667. The van der Waals surface area contributed by atoms with Crippen molar-refractivity contribution in [2.24, 2.45) is 5.92 Å². The van der Waals surface area contributed by atoms with Crippen molar-refractivity contribution in [3.05, 3.63) is 35.6 Å². The van der Waals surface area contributed by atoms with Crippen LogP contribution in [-0.4, -0.2) is 23.8 Å². The molecule has 3 N–H and O–H groups in total. The largest absolute Gasteiger partial charge is 0.396 e. The lowest BCUT2D eigenvalue weighted by molar-refractivity contribution is 0.222. The van der Waals surface area contributed by atoms with Gasteiger partial charge < -0.3 is 15.7 Å². The van der Waals surface area contributed by atoms with Crippen LogP contribution in [-0.2, 0) is 0 Å². The number of amides is 2. The van der Waals surface area contributed by atoms with E-state index >= 15 is 0 Å². The molecule has 2 rings (SSSR count). The molecular weight excluding hydrogens is 283 g/mol. The van der Waals surface area contributed by atoms with Crippen molar-refractivity contribution in [1.82, 2.24) is 10.6 Å². The van der Waals surface area contributed by atoms with Crippen LogP contribution >= 0.6 is 0 Å². The molecule has 0 spiro atoms. The minimum absolute atomic E-state index is 0.0391. The number of rotatable bonds is 6. The Morgan fingerprint density at radius 1 is 1.36 bits per heavy atom. The molecule has 0 aromatic heterocycles. The Labute approximate surface area is 131 Å². The SMILES string of the molecule is C[C@H](CCO)NC(=O)NC(c1cccc(F)c1)C1CCCC1. The maximum atomic E-state index is 13.5. The van der Waals surface area contributed by atoms with Crippen molar-refractivity contribution in [2.75, 3.05) is 6.61 Å². The predicted octanol–water partition coefficient (Wildman–Crippen LogP) is 3.13. The summed E-state index contributed by atoms with van der Waals surface area (Å²) in [6.07, 6.45) is 4.92. The number of aliphatic hydroxyl groups is 1. The third-order valence-corrected chi connectivity index (χ3v) is 4.31. The number of halogens is 1. The van der Waals surface area contributed by atoms with E-state index in [2.05, 4.69) is 10.6 Å². The Balaban J connectivity index is 2.06. The summed E-state index contributed by atoms with van der Waals surface area (Å²) in [6, 6.07) is 5.94. The minimum Gasteiger partial charge on any atom is -0.396 e. The van der Waals surface area contributed by atoms with Gasteiger partial charge in [0.25, 0.3) is 0 Å². The fourth-order valence-corrected chi connectivity index (χ4v) is 3.14. The quantitative estimate of drug-likeness (QED) is 0.756. The van der Waals surface area contributed by atoms with E-state index in [4.69, 9.17) is 5.11 Å². The van der Waals surface area contributed by atoms with Gasteiger partial charge in [-0.3, -0.25) is 0 Å². The average Bonchev–Trinajstić information content (AvgIpc) is 2.98. The molecule has 1 aromatic carbocycles. The first-order valence-corrected chi connectivity index (χ1v) is 8.03. The molecule has 4 nitrogen and oxygen atoms in total. The first-order valence-electron chi connectivity index (χ1n) is 8.03. The monoisotopic (exact) mass is 308 g/mol. The van der Waals surface area contributed by atoms with Crippen LogP contribution in [0.15, 0.2) is 24.3 Å². The van der Waals surface area contributed by atoms with Gasteiger partial charge in [0.1, 0.15) is 5.82 Å². The maximum absolute atomic E-state index is 13.5. The van der Waals surface area contributed by atoms with Gasteiger partial charge in [0.15, 0.2) is 0 Å². The first kappa shape index (κ1) is 16.7. The maximum Gasteiger partial charge on any atom is 0.315 e. The smallest absolute Gasteiger partial charge is 0.315 e. The van der Waals surface area contributed by atoms with E-state index in [1.165, 1.54) is 12.1 Å². The van der Waals surface area contributed by atoms with Gasteiger partial charge in [0.2, 0.25) is 0 Å². The molecule has 0 heterocycles. The Morgan fingerprint density at radius 2 is 2.09 bits per heavy atom. The molecule has 1 aliphatic rings. The zero-order chi connectivity index (χ0) is 15.9. The summed E-state index contributed by atoms with van der Waals surface area (Å²) in [6.45, 7) is 1.89. The van der Waals surface area contributed by atoms with E-state index in [9.17, 15) is 9.18 Å². The second-order valence-corrected chi connectivity index (χ2v) is 6.11. The molecule has 1 fully saturated rings. The lowest BCUT2D eigenvalue weighted by atomic mass is 9.91. The van der Waals surface area contributed by atoms with Crippen LogP contribution in [0.25, 0.3) is 0 Å². The fraction of sp³-hybridized carbons (Fsp3) is 0.588. The number of carbonyl (C=O) groups is 1. The van der Waals surface area contributed by atoms with Gasteiger partial charge in [-0.05, 0) is 49.8 Å². The van der Waals surface area contributed by atoms with E-state index in [1.54, 1.807) is 6.07 Å². The first-order chi connectivity index (χ1) is 10.6. The van der Waals surface area contributed by atoms with Crippen molar-refractivity contribution < 1.29 is 14.3 Å². The highest BCUT2D eigenvalue weighted by atomic mass is 19.1. The third-order valence-electron chi connectivity index (χ3n) is 4.31. The Hall–Kier alpha value is -1.62. The molecule has 1 aliphatic carbocycles. The van der Waals surface area contributed by atoms with Crippen molar-refractivity contribution >= 4 is 6.03 Å². The summed E-state index contributed by atoms with van der Waals surface area (Å²) in [7, 11) is 0. The standard InChI is InChI=1S/C17H25FN2O2/c1-12(9-10-21)19-17(22)20-16(13-5-2-3-6-13)14-7-4-8-15(18)11-14/h4,7-8,11-13,16,21H,2-3,5-6,9-10H2,1H3,(H2,19,20,22)/t12-,16?/m1/s1. The van der Waals surface area contributed by atoms with Crippen LogP contribution in [0, 0.1) is 11.7 Å². The molecule has 0 aliphatic heterocycles. The number of hydrogen-bond donors (Lipinski definition) is 3. The number of aliphatic hydroxyl groups excluding tert-OH is 1. The molecular formula is C17H25FN2O2. The number of carbonyl (C=O) groups excluding carboxylic acids is 1. The van der Waals surface area contributed by atoms with Crippen LogP contribution in [0.1, 0.15) is 50.6 Å². The van der Waals surface area contributed by atoms with Gasteiger partial charge in [-0.25, -0.2) is 9.18 Å². The highest BCUT2D eigenvalue weighted by Gasteiger charge is 2.28. The van der Waals surface area contributed by atoms with Gasteiger partial charge in [0.05, 0.1) is 6.04 Å². The second kappa shape index (κ2) is 8.13. The molecule has 1 aromatic rings. The second-order valence-electron chi connectivity index (χ2n) is 6.11. The number of nitrogens with one attached hydrogen (secondary N) is 2. The molecule has 0 bridgehead atoms. The van der Waals surface area contributed by atoms with E-state index in [0.717, 1.165) is 31.2 Å². The zero-order valence-electron chi connectivity index (χ0n) is 13.0. The highest BCUT2D eigenvalue weighted by molar-refractivity contribution is 5.74. The van der Waals surface area contributed by atoms with Crippen molar-refractivity contribution in [3.8, 4) is 0 Å². The molecule has 122 valence electrons. The fourth-order valence-electron chi connectivity index (χ4n) is 3.14. The molecule has 2 atom stereocenters. The normalized spacial score (nSPS) is 18.0. The summed E-state index contributed by atoms with van der Waals surface area (Å²) in [5, 5.41) is 14.7. The van der Waals surface area contributed by atoms with Crippen LogP contribution in [0.3, 0.4) is 0 Å². The van der Waals surface area contributed by atoms with Crippen molar-refractivity contribution in [2.45, 2.75) is 51.1 Å². The zero-order valence-corrected chi connectivity index (χ0v) is 13.0. The van der Waals surface area contributed by atoms with Crippen LogP contribution < -0.4 is 10.6 Å². The number of urea groups is 1. The van der Waals surface area contributed by atoms with Crippen molar-refractivity contribution in [1.29, 1.82) is 0 Å². The Morgan fingerprint density at radius 3 is 2.73 bits per heavy atom. The van der Waals surface area contributed by atoms with Gasteiger partial charge in [0, 0.05) is 12.6 Å². The molecule has 2 amide bonds. The molecule has 1 saturated carbocycles. The van der Waals surface area contributed by atoms with Gasteiger partial charge >= 0.3 is 6.03 Å². The van der Waals surface area contributed by atoms with E-state index in [0.29, 0.717) is 12.3 Å². The molecule has 0 saturated heterocycles. The van der Waals surface area contributed by atoms with Crippen LogP contribution in [0.5, 0.6) is 0 Å². The van der Waals surface area contributed by atoms with Crippen molar-refractivity contribution in [3.63, 3.8) is 0 Å². The van der Waals surface area contributed by atoms with Gasteiger partial charge in [-0.2, -0.15) is 0 Å².